The SMILES string of the molecule is Nn1c(SCC(=O)Nc2cccc3nsnc23)nnc1C(F)(F)F. The van der Waals surface area contributed by atoms with Crippen LogP contribution in [0.25, 0.3) is 11.0 Å². The smallest absolute Gasteiger partial charge is 0.335 e. The van der Waals surface area contributed by atoms with Crippen LogP contribution >= 0.6 is 23.5 Å². The fourth-order valence-corrected chi connectivity index (χ4v) is 3.00. The van der Waals surface area contributed by atoms with Gasteiger partial charge in [0.1, 0.15) is 11.0 Å². The summed E-state index contributed by atoms with van der Waals surface area (Å²) in [7, 11) is 0. The van der Waals surface area contributed by atoms with Gasteiger partial charge in [0.25, 0.3) is 5.82 Å². The molecular weight excluding hydrogens is 367 g/mol. The van der Waals surface area contributed by atoms with Crippen molar-refractivity contribution in [3.8, 4) is 0 Å². The van der Waals surface area contributed by atoms with E-state index in [9.17, 15) is 18.0 Å². The van der Waals surface area contributed by atoms with Gasteiger partial charge in [-0.25, -0.2) is 4.68 Å². The van der Waals surface area contributed by atoms with Gasteiger partial charge in [0, 0.05) is 0 Å². The molecule has 8 nitrogen and oxygen atoms in total. The van der Waals surface area contributed by atoms with Crippen LogP contribution in [0.1, 0.15) is 5.82 Å². The van der Waals surface area contributed by atoms with E-state index in [1.807, 2.05) is 0 Å². The number of nitrogens with one attached hydrogen (secondary N) is 1. The first-order valence-corrected chi connectivity index (χ1v) is 7.99. The van der Waals surface area contributed by atoms with E-state index in [2.05, 4.69) is 24.3 Å². The molecule has 0 saturated heterocycles. The Morgan fingerprint density at radius 2 is 2.12 bits per heavy atom. The fourth-order valence-electron chi connectivity index (χ4n) is 1.79. The molecule has 0 fully saturated rings. The van der Waals surface area contributed by atoms with Crippen LogP contribution in [0.4, 0.5) is 18.9 Å². The topological polar surface area (TPSA) is 112 Å². The van der Waals surface area contributed by atoms with E-state index >= 15 is 0 Å². The fraction of sp³-hybridized carbons (Fsp3) is 0.182. The first-order valence-electron chi connectivity index (χ1n) is 6.28. The summed E-state index contributed by atoms with van der Waals surface area (Å²) in [5.41, 5.74) is 1.65. The molecule has 0 aliphatic heterocycles. The summed E-state index contributed by atoms with van der Waals surface area (Å²) in [6.07, 6.45) is -4.71. The predicted octanol–water partition coefficient (Wildman–Crippen LogP) is 1.75. The van der Waals surface area contributed by atoms with Crippen molar-refractivity contribution >= 4 is 46.1 Å². The zero-order valence-electron chi connectivity index (χ0n) is 11.6. The molecule has 0 unspecified atom stereocenters. The molecule has 0 radical (unpaired) electrons. The predicted molar refractivity (Wildman–Crippen MR) is 81.9 cm³/mol. The number of rotatable bonds is 4. The Morgan fingerprint density at radius 1 is 1.33 bits per heavy atom. The number of benzene rings is 1. The molecule has 3 aromatic rings. The van der Waals surface area contributed by atoms with Crippen molar-refractivity contribution in [3.63, 3.8) is 0 Å². The number of carbonyl (C=O) groups is 1. The molecule has 2 aromatic heterocycles. The first-order chi connectivity index (χ1) is 11.4. The maximum atomic E-state index is 12.6. The van der Waals surface area contributed by atoms with Crippen molar-refractivity contribution < 1.29 is 18.0 Å². The number of halogens is 3. The van der Waals surface area contributed by atoms with Crippen molar-refractivity contribution in [2.45, 2.75) is 11.3 Å². The van der Waals surface area contributed by atoms with Gasteiger partial charge >= 0.3 is 6.18 Å². The van der Waals surface area contributed by atoms with Gasteiger partial charge in [-0.3, -0.25) is 4.79 Å². The highest BCUT2D eigenvalue weighted by molar-refractivity contribution is 7.99. The Hall–Kier alpha value is -2.41. The van der Waals surface area contributed by atoms with Gasteiger partial charge in [-0.1, -0.05) is 17.8 Å². The first kappa shape index (κ1) is 16.4. The Morgan fingerprint density at radius 3 is 2.83 bits per heavy atom. The molecule has 1 aromatic carbocycles. The molecule has 0 atom stereocenters. The quantitative estimate of drug-likeness (QED) is 0.528. The van der Waals surface area contributed by atoms with E-state index in [1.54, 1.807) is 18.2 Å². The van der Waals surface area contributed by atoms with Gasteiger partial charge in [0.05, 0.1) is 23.2 Å². The summed E-state index contributed by atoms with van der Waals surface area (Å²) in [4.78, 5) is 12.0. The lowest BCUT2D eigenvalue weighted by Crippen LogP contribution is -2.22. The minimum atomic E-state index is -4.71. The summed E-state index contributed by atoms with van der Waals surface area (Å²) < 4.78 is 46.1. The van der Waals surface area contributed by atoms with E-state index in [0.717, 1.165) is 23.5 Å². The van der Waals surface area contributed by atoms with Gasteiger partial charge < -0.3 is 11.2 Å². The van der Waals surface area contributed by atoms with Crippen LogP contribution in [0.3, 0.4) is 0 Å². The Bertz CT molecular complexity index is 891. The zero-order valence-corrected chi connectivity index (χ0v) is 13.2. The second-order valence-corrected chi connectivity index (χ2v) is 5.92. The number of nitrogen functional groups attached to an aromatic ring is 1. The summed E-state index contributed by atoms with van der Waals surface area (Å²) >= 11 is 1.75. The standard InChI is InChI=1S/C11H8F3N7OS2/c12-11(13,14)9-17-18-10(21(9)15)23-4-7(22)16-5-2-1-3-6-8(5)20-24-19-6/h1-3H,4,15H2,(H,16,22). The van der Waals surface area contributed by atoms with E-state index in [1.165, 1.54) is 0 Å². The number of thioether (sulfide) groups is 1. The van der Waals surface area contributed by atoms with Crippen LogP contribution in [0.2, 0.25) is 0 Å². The summed E-state index contributed by atoms with van der Waals surface area (Å²) in [5.74, 6) is 3.32. The Kier molecular flexibility index (Phi) is 4.28. The van der Waals surface area contributed by atoms with Crippen molar-refractivity contribution in [2.24, 2.45) is 0 Å². The molecule has 0 aliphatic rings. The zero-order chi connectivity index (χ0) is 17.3. The molecule has 0 saturated carbocycles. The summed E-state index contributed by atoms with van der Waals surface area (Å²) in [6.45, 7) is 0. The molecule has 3 rings (SSSR count). The van der Waals surface area contributed by atoms with E-state index in [-0.39, 0.29) is 10.9 Å². The lowest BCUT2D eigenvalue weighted by molar-refractivity contribution is -0.146. The summed E-state index contributed by atoms with van der Waals surface area (Å²) in [6, 6.07) is 5.11. The molecule has 0 aliphatic carbocycles. The number of carbonyl (C=O) groups excluding carboxylic acids is 1. The normalized spacial score (nSPS) is 11.8. The average Bonchev–Trinajstić information content (AvgIpc) is 3.11. The maximum Gasteiger partial charge on any atom is 0.453 e. The van der Waals surface area contributed by atoms with E-state index in [0.29, 0.717) is 21.4 Å². The highest BCUT2D eigenvalue weighted by atomic mass is 32.2. The Balaban J connectivity index is 1.66. The van der Waals surface area contributed by atoms with Crippen molar-refractivity contribution in [2.75, 3.05) is 16.9 Å². The van der Waals surface area contributed by atoms with Crippen LogP contribution in [-0.4, -0.2) is 35.3 Å². The third kappa shape index (κ3) is 3.26. The number of aromatic nitrogens is 5. The van der Waals surface area contributed by atoms with Crippen molar-refractivity contribution in [3.05, 3.63) is 24.0 Å². The second-order valence-electron chi connectivity index (χ2n) is 4.45. The molecule has 0 spiro atoms. The van der Waals surface area contributed by atoms with Gasteiger partial charge in [0.2, 0.25) is 11.1 Å². The van der Waals surface area contributed by atoms with Gasteiger partial charge in [-0.15, -0.1) is 10.2 Å². The van der Waals surface area contributed by atoms with E-state index in [4.69, 9.17) is 5.84 Å². The third-order valence-electron chi connectivity index (χ3n) is 2.81. The molecule has 13 heteroatoms. The molecule has 126 valence electrons. The molecule has 2 heterocycles. The Labute approximate surface area is 140 Å². The highest BCUT2D eigenvalue weighted by Gasteiger charge is 2.38. The number of nitrogens with two attached hydrogens (primary N) is 1. The number of hydrogen-bond donors (Lipinski definition) is 2. The number of nitrogens with zero attached hydrogens (tertiary/aromatic N) is 5. The summed E-state index contributed by atoms with van der Waals surface area (Å²) in [5, 5.41) is 8.71. The number of hydrogen-bond acceptors (Lipinski definition) is 8. The monoisotopic (exact) mass is 375 g/mol. The van der Waals surface area contributed by atoms with Crippen molar-refractivity contribution in [1.82, 2.24) is 23.6 Å². The number of anilines is 1. The minimum absolute atomic E-state index is 0.193. The van der Waals surface area contributed by atoms with Gasteiger partial charge in [-0.05, 0) is 12.1 Å². The number of fused-ring (bicyclic) bond motifs is 1. The van der Waals surface area contributed by atoms with E-state index < -0.39 is 17.9 Å². The molecule has 24 heavy (non-hydrogen) atoms. The number of alkyl halides is 3. The average molecular weight is 375 g/mol. The van der Waals surface area contributed by atoms with Crippen molar-refractivity contribution in [1.29, 1.82) is 0 Å². The van der Waals surface area contributed by atoms with Crippen LogP contribution in [0.15, 0.2) is 23.4 Å². The van der Waals surface area contributed by atoms with Crippen LogP contribution in [0.5, 0.6) is 0 Å². The van der Waals surface area contributed by atoms with Gasteiger partial charge in [-0.2, -0.15) is 21.9 Å². The lowest BCUT2D eigenvalue weighted by Gasteiger charge is -2.07. The highest BCUT2D eigenvalue weighted by Crippen LogP contribution is 2.29. The van der Waals surface area contributed by atoms with Gasteiger partial charge in [0.15, 0.2) is 0 Å². The third-order valence-corrected chi connectivity index (χ3v) is 4.30. The second kappa shape index (κ2) is 6.24. The molecule has 1 amide bonds. The largest absolute Gasteiger partial charge is 0.453 e. The maximum absolute atomic E-state index is 12.6. The minimum Gasteiger partial charge on any atom is -0.335 e. The molecular formula is C11H8F3N7OS2. The van der Waals surface area contributed by atoms with Crippen LogP contribution < -0.4 is 11.2 Å². The van der Waals surface area contributed by atoms with Crippen LogP contribution in [-0.2, 0) is 11.0 Å². The molecule has 0 bridgehead atoms. The molecule has 3 N–H and O–H groups in total. The lowest BCUT2D eigenvalue weighted by atomic mass is 10.2. The number of amides is 1. The van der Waals surface area contributed by atoms with Crippen LogP contribution in [0, 0.1) is 0 Å².